The van der Waals surface area contributed by atoms with Gasteiger partial charge in [-0.05, 0) is 33.0 Å². The second-order valence-corrected chi connectivity index (χ2v) is 4.02. The third-order valence-electron chi connectivity index (χ3n) is 2.59. The predicted octanol–water partition coefficient (Wildman–Crippen LogP) is 0.997. The Kier molecular flexibility index (Phi) is 9.43. The van der Waals surface area contributed by atoms with Crippen LogP contribution in [-0.4, -0.2) is 49.4 Å². The molecule has 17 heavy (non-hydrogen) atoms. The van der Waals surface area contributed by atoms with Gasteiger partial charge in [-0.15, -0.1) is 0 Å². The fourth-order valence-corrected chi connectivity index (χ4v) is 1.46. The van der Waals surface area contributed by atoms with Gasteiger partial charge in [-0.2, -0.15) is 0 Å². The minimum atomic E-state index is -0.189. The highest BCUT2D eigenvalue weighted by Crippen LogP contribution is 1.89. The number of rotatable bonds is 9. The van der Waals surface area contributed by atoms with Crippen molar-refractivity contribution in [1.82, 2.24) is 15.5 Å². The van der Waals surface area contributed by atoms with Crippen molar-refractivity contribution in [2.75, 3.05) is 32.7 Å². The van der Waals surface area contributed by atoms with Crippen molar-refractivity contribution in [1.29, 1.82) is 0 Å². The molecule has 0 saturated heterocycles. The molecular weight excluding hydrogens is 218 g/mol. The van der Waals surface area contributed by atoms with Crippen molar-refractivity contribution >= 4 is 11.8 Å². The summed E-state index contributed by atoms with van der Waals surface area (Å²) >= 11 is 0. The Morgan fingerprint density at radius 2 is 1.65 bits per heavy atom. The van der Waals surface area contributed by atoms with Gasteiger partial charge in [0.25, 0.3) is 0 Å². The summed E-state index contributed by atoms with van der Waals surface area (Å²) in [7, 11) is 0. The highest BCUT2D eigenvalue weighted by atomic mass is 16.2. The number of Topliss-reactive ketones (excluding diaryl/α,β-unsaturated/α-hetero) is 1. The summed E-state index contributed by atoms with van der Waals surface area (Å²) in [6.45, 7) is 9.95. The minimum absolute atomic E-state index is 0.0897. The molecule has 5 heteroatoms. The standard InChI is InChI=1S/C12H25N3O2/c1-4-15(5-2)10-6-8-13-12(17)14-9-7-11(3)16/h4-10H2,1-3H3,(H2,13,14,17). The Morgan fingerprint density at radius 3 is 2.18 bits per heavy atom. The first-order valence-corrected chi connectivity index (χ1v) is 6.33. The normalized spacial score (nSPS) is 10.4. The van der Waals surface area contributed by atoms with E-state index in [0.717, 1.165) is 26.1 Å². The van der Waals surface area contributed by atoms with Gasteiger partial charge in [0.1, 0.15) is 5.78 Å². The van der Waals surface area contributed by atoms with E-state index in [1.54, 1.807) is 0 Å². The fraction of sp³-hybridized carbons (Fsp3) is 0.833. The second-order valence-electron chi connectivity index (χ2n) is 4.02. The van der Waals surface area contributed by atoms with E-state index in [-0.39, 0.29) is 11.8 Å². The SMILES string of the molecule is CCN(CC)CCCNC(=O)NCCC(C)=O. The van der Waals surface area contributed by atoms with Crippen LogP contribution in [0, 0.1) is 0 Å². The molecule has 0 aliphatic rings. The van der Waals surface area contributed by atoms with Crippen molar-refractivity contribution in [3.05, 3.63) is 0 Å². The molecule has 0 bridgehead atoms. The lowest BCUT2D eigenvalue weighted by molar-refractivity contribution is -0.116. The molecule has 0 saturated carbocycles. The van der Waals surface area contributed by atoms with E-state index in [1.807, 2.05) is 0 Å². The van der Waals surface area contributed by atoms with E-state index < -0.39 is 0 Å². The molecule has 0 aliphatic carbocycles. The van der Waals surface area contributed by atoms with Crippen molar-refractivity contribution in [2.24, 2.45) is 0 Å². The van der Waals surface area contributed by atoms with Gasteiger partial charge in [-0.25, -0.2) is 4.79 Å². The monoisotopic (exact) mass is 243 g/mol. The molecule has 0 aromatic rings. The third-order valence-corrected chi connectivity index (χ3v) is 2.59. The summed E-state index contributed by atoms with van der Waals surface area (Å²) in [6.07, 6.45) is 1.34. The van der Waals surface area contributed by atoms with Gasteiger partial charge in [-0.3, -0.25) is 4.79 Å². The van der Waals surface area contributed by atoms with Crippen LogP contribution >= 0.6 is 0 Å². The van der Waals surface area contributed by atoms with E-state index in [9.17, 15) is 9.59 Å². The molecule has 100 valence electrons. The molecule has 0 spiro atoms. The zero-order valence-electron chi connectivity index (χ0n) is 11.2. The summed E-state index contributed by atoms with van der Waals surface area (Å²) in [6, 6.07) is -0.189. The van der Waals surface area contributed by atoms with E-state index in [4.69, 9.17) is 0 Å². The lowest BCUT2D eigenvalue weighted by atomic mass is 10.3. The Morgan fingerprint density at radius 1 is 1.06 bits per heavy atom. The zero-order chi connectivity index (χ0) is 13.1. The van der Waals surface area contributed by atoms with Crippen LogP contribution in [-0.2, 0) is 4.79 Å². The summed E-state index contributed by atoms with van der Waals surface area (Å²) in [5, 5.41) is 5.42. The topological polar surface area (TPSA) is 61.4 Å². The number of urea groups is 1. The van der Waals surface area contributed by atoms with Crippen LogP contribution in [0.4, 0.5) is 4.79 Å². The molecule has 0 aromatic carbocycles. The first-order chi connectivity index (χ1) is 8.10. The van der Waals surface area contributed by atoms with Crippen LogP contribution in [0.15, 0.2) is 0 Å². The van der Waals surface area contributed by atoms with E-state index in [0.29, 0.717) is 19.5 Å². The van der Waals surface area contributed by atoms with Crippen molar-refractivity contribution in [3.8, 4) is 0 Å². The average Bonchev–Trinajstić information content (AvgIpc) is 2.29. The predicted molar refractivity (Wildman–Crippen MR) is 69.1 cm³/mol. The van der Waals surface area contributed by atoms with Gasteiger partial charge < -0.3 is 15.5 Å². The van der Waals surface area contributed by atoms with Crippen molar-refractivity contribution < 1.29 is 9.59 Å². The van der Waals surface area contributed by atoms with Crippen LogP contribution in [0.5, 0.6) is 0 Å². The number of carbonyl (C=O) groups is 2. The number of carbonyl (C=O) groups excluding carboxylic acids is 2. The van der Waals surface area contributed by atoms with Crippen LogP contribution < -0.4 is 10.6 Å². The first kappa shape index (κ1) is 15.9. The van der Waals surface area contributed by atoms with E-state index >= 15 is 0 Å². The molecule has 0 aliphatic heterocycles. The van der Waals surface area contributed by atoms with E-state index in [1.165, 1.54) is 6.92 Å². The number of ketones is 1. The van der Waals surface area contributed by atoms with Gasteiger partial charge >= 0.3 is 6.03 Å². The molecule has 5 nitrogen and oxygen atoms in total. The molecule has 0 unspecified atom stereocenters. The Balaban J connectivity index is 3.41. The molecule has 2 amide bonds. The Hall–Kier alpha value is -1.10. The van der Waals surface area contributed by atoms with Crippen LogP contribution in [0.25, 0.3) is 0 Å². The molecule has 0 fully saturated rings. The lowest BCUT2D eigenvalue weighted by Crippen LogP contribution is -2.38. The maximum absolute atomic E-state index is 11.3. The molecule has 0 radical (unpaired) electrons. The molecule has 0 atom stereocenters. The fourth-order valence-electron chi connectivity index (χ4n) is 1.46. The van der Waals surface area contributed by atoms with Crippen LogP contribution in [0.1, 0.15) is 33.6 Å². The number of nitrogens with zero attached hydrogens (tertiary/aromatic N) is 1. The zero-order valence-corrected chi connectivity index (χ0v) is 11.2. The number of hydrogen-bond donors (Lipinski definition) is 2. The van der Waals surface area contributed by atoms with Gasteiger partial charge in [-0.1, -0.05) is 13.8 Å². The van der Waals surface area contributed by atoms with Gasteiger partial charge in [0, 0.05) is 19.5 Å². The molecule has 0 aromatic heterocycles. The first-order valence-electron chi connectivity index (χ1n) is 6.33. The maximum Gasteiger partial charge on any atom is 0.314 e. The largest absolute Gasteiger partial charge is 0.338 e. The average molecular weight is 243 g/mol. The summed E-state index contributed by atoms with van der Waals surface area (Å²) < 4.78 is 0. The van der Waals surface area contributed by atoms with Gasteiger partial charge in [0.05, 0.1) is 0 Å². The van der Waals surface area contributed by atoms with Crippen molar-refractivity contribution in [2.45, 2.75) is 33.6 Å². The molecule has 0 heterocycles. The van der Waals surface area contributed by atoms with Crippen LogP contribution in [0.3, 0.4) is 0 Å². The number of nitrogens with one attached hydrogen (secondary N) is 2. The summed E-state index contributed by atoms with van der Waals surface area (Å²) in [4.78, 5) is 24.2. The van der Waals surface area contributed by atoms with Gasteiger partial charge in [0.2, 0.25) is 0 Å². The maximum atomic E-state index is 11.3. The molecular formula is C12H25N3O2. The summed E-state index contributed by atoms with van der Waals surface area (Å²) in [5.41, 5.74) is 0. The Labute approximate surface area is 104 Å². The smallest absolute Gasteiger partial charge is 0.314 e. The van der Waals surface area contributed by atoms with Gasteiger partial charge in [0.15, 0.2) is 0 Å². The number of amides is 2. The molecule has 0 rings (SSSR count). The highest BCUT2D eigenvalue weighted by Gasteiger charge is 2.01. The Bertz CT molecular complexity index is 228. The van der Waals surface area contributed by atoms with Crippen LogP contribution in [0.2, 0.25) is 0 Å². The highest BCUT2D eigenvalue weighted by molar-refractivity contribution is 5.77. The lowest BCUT2D eigenvalue weighted by Gasteiger charge is -2.17. The minimum Gasteiger partial charge on any atom is -0.338 e. The quantitative estimate of drug-likeness (QED) is 0.594. The summed E-state index contributed by atoms with van der Waals surface area (Å²) in [5.74, 6) is 0.0897. The third kappa shape index (κ3) is 9.81. The number of hydrogen-bond acceptors (Lipinski definition) is 3. The van der Waals surface area contributed by atoms with E-state index in [2.05, 4.69) is 29.4 Å². The second kappa shape index (κ2) is 10.1. The van der Waals surface area contributed by atoms with Crippen molar-refractivity contribution in [3.63, 3.8) is 0 Å². The molecule has 2 N–H and O–H groups in total.